The third-order valence-electron chi connectivity index (χ3n) is 5.18. The number of aromatic amines is 1. The van der Waals surface area contributed by atoms with Gasteiger partial charge in [0.1, 0.15) is 5.82 Å². The molecule has 1 amide bonds. The highest BCUT2D eigenvalue weighted by atomic mass is 19.1. The molecule has 0 aliphatic carbocycles. The van der Waals surface area contributed by atoms with Crippen molar-refractivity contribution < 1.29 is 9.18 Å². The SMILES string of the molecule is NC(=O)c1ccc2[nH]c(CN3CCC(c4ccccc4F)C3)cc(=O)c2c1. The van der Waals surface area contributed by atoms with Crippen LogP contribution >= 0.6 is 0 Å². The number of hydrogen-bond acceptors (Lipinski definition) is 3. The first-order valence-corrected chi connectivity index (χ1v) is 8.94. The first kappa shape index (κ1) is 17.4. The number of fused-ring (bicyclic) bond motifs is 1. The van der Waals surface area contributed by atoms with Crippen LogP contribution in [0.25, 0.3) is 10.9 Å². The number of nitrogens with two attached hydrogens (primary N) is 1. The first-order valence-electron chi connectivity index (χ1n) is 8.94. The van der Waals surface area contributed by atoms with E-state index in [0.29, 0.717) is 23.0 Å². The smallest absolute Gasteiger partial charge is 0.248 e. The van der Waals surface area contributed by atoms with Crippen molar-refractivity contribution in [3.63, 3.8) is 0 Å². The highest BCUT2D eigenvalue weighted by Crippen LogP contribution is 2.29. The lowest BCUT2D eigenvalue weighted by Gasteiger charge is -2.17. The van der Waals surface area contributed by atoms with E-state index in [-0.39, 0.29) is 17.2 Å². The number of hydrogen-bond donors (Lipinski definition) is 2. The maximum absolute atomic E-state index is 14.0. The zero-order valence-corrected chi connectivity index (χ0v) is 14.7. The van der Waals surface area contributed by atoms with E-state index in [1.54, 1.807) is 24.3 Å². The van der Waals surface area contributed by atoms with E-state index in [4.69, 9.17) is 5.73 Å². The molecule has 2 heterocycles. The monoisotopic (exact) mass is 365 g/mol. The molecule has 1 fully saturated rings. The number of nitrogens with one attached hydrogen (secondary N) is 1. The van der Waals surface area contributed by atoms with Crippen LogP contribution in [0.3, 0.4) is 0 Å². The van der Waals surface area contributed by atoms with Crippen molar-refractivity contribution in [1.29, 1.82) is 0 Å². The summed E-state index contributed by atoms with van der Waals surface area (Å²) in [6.07, 6.45) is 0.890. The Bertz CT molecular complexity index is 1080. The van der Waals surface area contributed by atoms with Crippen LogP contribution in [0.4, 0.5) is 4.39 Å². The summed E-state index contributed by atoms with van der Waals surface area (Å²) < 4.78 is 14.0. The lowest BCUT2D eigenvalue weighted by molar-refractivity contribution is 0.100. The van der Waals surface area contributed by atoms with Gasteiger partial charge in [-0.1, -0.05) is 18.2 Å². The highest BCUT2D eigenvalue weighted by molar-refractivity contribution is 5.96. The Kier molecular flexibility index (Phi) is 4.49. The molecule has 1 atom stereocenters. The third kappa shape index (κ3) is 3.48. The summed E-state index contributed by atoms with van der Waals surface area (Å²) >= 11 is 0. The second-order valence-corrected chi connectivity index (χ2v) is 7.03. The van der Waals surface area contributed by atoms with Crippen molar-refractivity contribution >= 4 is 16.8 Å². The molecule has 6 heteroatoms. The highest BCUT2D eigenvalue weighted by Gasteiger charge is 2.26. The summed E-state index contributed by atoms with van der Waals surface area (Å²) in [6, 6.07) is 13.3. The van der Waals surface area contributed by atoms with Crippen LogP contribution in [-0.2, 0) is 6.54 Å². The molecule has 4 rings (SSSR count). The summed E-state index contributed by atoms with van der Waals surface area (Å²) in [5, 5.41) is 0.445. The van der Waals surface area contributed by atoms with Gasteiger partial charge >= 0.3 is 0 Å². The number of carbonyl (C=O) groups is 1. The molecule has 0 saturated carbocycles. The molecule has 1 aliphatic heterocycles. The molecule has 1 aromatic heterocycles. The van der Waals surface area contributed by atoms with Gasteiger partial charge in [-0.05, 0) is 42.8 Å². The summed E-state index contributed by atoms with van der Waals surface area (Å²) in [6.45, 7) is 2.19. The largest absolute Gasteiger partial charge is 0.366 e. The second-order valence-electron chi connectivity index (χ2n) is 7.03. The van der Waals surface area contributed by atoms with Crippen LogP contribution < -0.4 is 11.2 Å². The molecule has 27 heavy (non-hydrogen) atoms. The zero-order chi connectivity index (χ0) is 19.0. The molecule has 3 aromatic rings. The second kappa shape index (κ2) is 6.96. The van der Waals surface area contributed by atoms with Crippen molar-refractivity contribution in [1.82, 2.24) is 9.88 Å². The Hall–Kier alpha value is -2.99. The number of amides is 1. The van der Waals surface area contributed by atoms with Gasteiger partial charge in [-0.15, -0.1) is 0 Å². The number of likely N-dealkylation sites (tertiary alicyclic amines) is 1. The number of benzene rings is 2. The van der Waals surface area contributed by atoms with Gasteiger partial charge in [-0.3, -0.25) is 14.5 Å². The number of halogens is 1. The third-order valence-corrected chi connectivity index (χ3v) is 5.18. The molecular formula is C21H20FN3O2. The minimum absolute atomic E-state index is 0.147. The van der Waals surface area contributed by atoms with Gasteiger partial charge < -0.3 is 10.7 Å². The van der Waals surface area contributed by atoms with Gasteiger partial charge in [0.15, 0.2) is 5.43 Å². The van der Waals surface area contributed by atoms with E-state index in [2.05, 4.69) is 9.88 Å². The minimum Gasteiger partial charge on any atom is -0.366 e. The molecule has 5 nitrogen and oxygen atoms in total. The Balaban J connectivity index is 1.54. The van der Waals surface area contributed by atoms with Gasteiger partial charge in [0.2, 0.25) is 5.91 Å². The quantitative estimate of drug-likeness (QED) is 0.746. The fourth-order valence-electron chi connectivity index (χ4n) is 3.82. The Morgan fingerprint density at radius 1 is 1.22 bits per heavy atom. The van der Waals surface area contributed by atoms with Gasteiger partial charge in [-0.2, -0.15) is 0 Å². The number of carbonyl (C=O) groups excluding carboxylic acids is 1. The number of aromatic nitrogens is 1. The lowest BCUT2D eigenvalue weighted by atomic mass is 9.98. The van der Waals surface area contributed by atoms with E-state index in [1.165, 1.54) is 12.1 Å². The van der Waals surface area contributed by atoms with Crippen LogP contribution in [0.15, 0.2) is 53.3 Å². The molecule has 1 unspecified atom stereocenters. The predicted octanol–water partition coefficient (Wildman–Crippen LogP) is 2.76. The van der Waals surface area contributed by atoms with Gasteiger partial charge in [-0.25, -0.2) is 4.39 Å². The Morgan fingerprint density at radius 2 is 2.04 bits per heavy atom. The van der Waals surface area contributed by atoms with Crippen molar-refractivity contribution in [3.8, 4) is 0 Å². The standard InChI is InChI=1S/C21H20FN3O2/c22-18-4-2-1-3-16(18)14-7-8-25(11-14)12-15-10-20(26)17-9-13(21(23)27)5-6-19(17)24-15/h1-6,9-10,14H,7-8,11-12H2,(H2,23,27)(H,24,26). The average molecular weight is 365 g/mol. The van der Waals surface area contributed by atoms with Crippen LogP contribution in [0.5, 0.6) is 0 Å². The molecular weight excluding hydrogens is 345 g/mol. The van der Waals surface area contributed by atoms with Crippen LogP contribution in [0, 0.1) is 5.82 Å². The summed E-state index contributed by atoms with van der Waals surface area (Å²) in [5.74, 6) is -0.554. The Morgan fingerprint density at radius 3 is 2.81 bits per heavy atom. The summed E-state index contributed by atoms with van der Waals surface area (Å²) in [7, 11) is 0. The lowest BCUT2D eigenvalue weighted by Crippen LogP contribution is -2.22. The van der Waals surface area contributed by atoms with Crippen molar-refractivity contribution in [2.24, 2.45) is 5.73 Å². The van der Waals surface area contributed by atoms with Gasteiger partial charge in [0.05, 0.1) is 0 Å². The molecule has 1 saturated heterocycles. The maximum Gasteiger partial charge on any atom is 0.248 e. The topological polar surface area (TPSA) is 79.2 Å². The number of nitrogens with zero attached hydrogens (tertiary/aromatic N) is 1. The maximum atomic E-state index is 14.0. The number of rotatable bonds is 4. The number of pyridine rings is 1. The molecule has 138 valence electrons. The van der Waals surface area contributed by atoms with E-state index in [1.807, 2.05) is 12.1 Å². The Labute approximate surface area is 155 Å². The van der Waals surface area contributed by atoms with E-state index in [9.17, 15) is 14.0 Å². The van der Waals surface area contributed by atoms with E-state index in [0.717, 1.165) is 30.8 Å². The summed E-state index contributed by atoms with van der Waals surface area (Å²) in [4.78, 5) is 29.2. The van der Waals surface area contributed by atoms with E-state index >= 15 is 0 Å². The van der Waals surface area contributed by atoms with E-state index < -0.39 is 5.91 Å². The minimum atomic E-state index is -0.559. The van der Waals surface area contributed by atoms with Crippen molar-refractivity contribution in [2.75, 3.05) is 13.1 Å². The van der Waals surface area contributed by atoms with Gasteiger partial charge in [0, 0.05) is 47.2 Å². The molecule has 0 bridgehead atoms. The van der Waals surface area contributed by atoms with Crippen molar-refractivity contribution in [3.05, 3.63) is 81.4 Å². The molecule has 1 aliphatic rings. The van der Waals surface area contributed by atoms with Gasteiger partial charge in [0.25, 0.3) is 0 Å². The molecule has 0 spiro atoms. The van der Waals surface area contributed by atoms with Crippen LogP contribution in [-0.4, -0.2) is 28.9 Å². The first-order chi connectivity index (χ1) is 13.0. The summed E-state index contributed by atoms with van der Waals surface area (Å²) in [5.41, 5.74) is 7.68. The zero-order valence-electron chi connectivity index (χ0n) is 14.7. The predicted molar refractivity (Wildman–Crippen MR) is 102 cm³/mol. The molecule has 2 aromatic carbocycles. The fraction of sp³-hybridized carbons (Fsp3) is 0.238. The van der Waals surface area contributed by atoms with Crippen LogP contribution in [0.1, 0.15) is 34.0 Å². The molecule has 3 N–H and O–H groups in total. The molecule has 0 radical (unpaired) electrons. The normalized spacial score (nSPS) is 17.4. The van der Waals surface area contributed by atoms with Crippen LogP contribution in [0.2, 0.25) is 0 Å². The number of primary amides is 1. The number of H-pyrrole nitrogens is 1. The fourth-order valence-corrected chi connectivity index (χ4v) is 3.82. The van der Waals surface area contributed by atoms with Crippen molar-refractivity contribution in [2.45, 2.75) is 18.9 Å². The average Bonchev–Trinajstić information content (AvgIpc) is 3.10.